The fourth-order valence-corrected chi connectivity index (χ4v) is 1.27. The molecule has 0 aromatic heterocycles. The number of rotatable bonds is 1. The number of hydroxylamine groups is 4. The van der Waals surface area contributed by atoms with Crippen LogP contribution in [0.3, 0.4) is 0 Å². The number of carbonyl (C=O) groups excluding carboxylic acids is 1. The summed E-state index contributed by atoms with van der Waals surface area (Å²) in [5, 5.41) is 9.46. The normalized spacial score (nSPS) is 22.6. The van der Waals surface area contributed by atoms with Crippen molar-refractivity contribution in [3.05, 3.63) is 0 Å². The Morgan fingerprint density at radius 1 is 1.36 bits per heavy atom. The minimum Gasteiger partial charge on any atom is -0.330 e. The molecule has 1 heterocycles. The van der Waals surface area contributed by atoms with E-state index in [1.807, 2.05) is 0 Å². The van der Waals surface area contributed by atoms with E-state index < -0.39 is 10.9 Å². The van der Waals surface area contributed by atoms with Gasteiger partial charge in [0.2, 0.25) is 0 Å². The Labute approximate surface area is 64.8 Å². The summed E-state index contributed by atoms with van der Waals surface area (Å²) in [6.07, 6.45) is 1.88. The van der Waals surface area contributed by atoms with Crippen molar-refractivity contribution in [2.24, 2.45) is 5.73 Å². The number of nitrogens with two attached hydrogens (primary N) is 1. The lowest BCUT2D eigenvalue weighted by molar-refractivity contribution is -1.23. The number of carbonyl (C=O) groups is 1. The zero-order chi connectivity index (χ0) is 8.32. The van der Waals surface area contributed by atoms with Gasteiger partial charge in [0.25, 0.3) is 0 Å². The van der Waals surface area contributed by atoms with Gasteiger partial charge in [-0.1, -0.05) is 0 Å². The molecule has 0 radical (unpaired) electrons. The molecule has 0 spiro atoms. The third-order valence-corrected chi connectivity index (χ3v) is 1.77. The van der Waals surface area contributed by atoms with E-state index >= 15 is 0 Å². The fraction of sp³-hybridized carbons (Fsp3) is 0.833. The highest BCUT2D eigenvalue weighted by Crippen LogP contribution is 2.15. The number of nitrogens with zero attached hydrogens (tertiary/aromatic N) is 1. The molecule has 1 aliphatic rings. The molecule has 1 amide bonds. The number of quaternary nitrogens is 1. The van der Waals surface area contributed by atoms with Crippen molar-refractivity contribution in [1.82, 2.24) is 0 Å². The summed E-state index contributed by atoms with van der Waals surface area (Å²) in [5.74, 6) is 0. The van der Waals surface area contributed by atoms with Crippen LogP contribution in [0.4, 0.5) is 4.79 Å². The van der Waals surface area contributed by atoms with Crippen molar-refractivity contribution in [3.8, 4) is 0 Å². The first-order chi connectivity index (χ1) is 5.12. The van der Waals surface area contributed by atoms with Crippen LogP contribution in [0.15, 0.2) is 0 Å². The molecule has 0 saturated carbocycles. The van der Waals surface area contributed by atoms with Crippen LogP contribution in [-0.2, 0) is 4.84 Å². The van der Waals surface area contributed by atoms with E-state index in [9.17, 15) is 10.0 Å². The summed E-state index contributed by atoms with van der Waals surface area (Å²) in [4.78, 5) is 14.2. The van der Waals surface area contributed by atoms with Crippen LogP contribution in [0.1, 0.15) is 19.3 Å². The quantitative estimate of drug-likeness (QED) is 0.546. The van der Waals surface area contributed by atoms with E-state index in [-0.39, 0.29) is 0 Å². The summed E-state index contributed by atoms with van der Waals surface area (Å²) >= 11 is 0. The monoisotopic (exact) mass is 161 g/mol. The van der Waals surface area contributed by atoms with Gasteiger partial charge in [-0.2, -0.15) is 5.21 Å². The molecule has 1 rings (SSSR count). The van der Waals surface area contributed by atoms with Crippen molar-refractivity contribution < 1.29 is 19.6 Å². The van der Waals surface area contributed by atoms with Gasteiger partial charge in [0.15, 0.2) is 13.1 Å². The summed E-state index contributed by atoms with van der Waals surface area (Å²) in [6, 6.07) is 0. The predicted octanol–water partition coefficient (Wildman–Crippen LogP) is 0.387. The molecule has 11 heavy (non-hydrogen) atoms. The second kappa shape index (κ2) is 3.06. The Kier molecular flexibility index (Phi) is 2.31. The van der Waals surface area contributed by atoms with E-state index in [2.05, 4.69) is 4.84 Å². The lowest BCUT2D eigenvalue weighted by Gasteiger charge is -2.28. The minimum atomic E-state index is -0.922. The number of hydrogen-bond acceptors (Lipinski definition) is 3. The molecule has 3 N–H and O–H groups in total. The first-order valence-electron chi connectivity index (χ1n) is 3.71. The lowest BCUT2D eigenvalue weighted by atomic mass is 10.2. The molecule has 64 valence electrons. The van der Waals surface area contributed by atoms with Gasteiger partial charge >= 0.3 is 6.09 Å². The topological polar surface area (TPSA) is 72.6 Å². The van der Waals surface area contributed by atoms with Crippen LogP contribution in [0, 0.1) is 0 Å². The lowest BCUT2D eigenvalue weighted by Crippen LogP contribution is -2.50. The van der Waals surface area contributed by atoms with Gasteiger partial charge in [0, 0.05) is 17.7 Å². The third-order valence-electron chi connectivity index (χ3n) is 1.77. The van der Waals surface area contributed by atoms with Gasteiger partial charge in [-0.05, 0) is 6.42 Å². The van der Waals surface area contributed by atoms with Crippen molar-refractivity contribution >= 4 is 6.09 Å². The molecule has 5 nitrogen and oxygen atoms in total. The number of piperidine rings is 1. The van der Waals surface area contributed by atoms with Crippen LogP contribution >= 0.6 is 0 Å². The smallest absolute Gasteiger partial charge is 0.330 e. The summed E-state index contributed by atoms with van der Waals surface area (Å²) in [5.41, 5.74) is 4.77. The average molecular weight is 161 g/mol. The third kappa shape index (κ3) is 2.36. The molecular formula is C6H13N2O3+. The second-order valence-electron chi connectivity index (χ2n) is 2.76. The van der Waals surface area contributed by atoms with Gasteiger partial charge in [-0.15, -0.1) is 0 Å². The minimum absolute atomic E-state index is 0.447. The van der Waals surface area contributed by atoms with Gasteiger partial charge < -0.3 is 5.73 Å². The standard InChI is InChI=1S/C6H12N2O3/c7-6(9)11-8(10)4-2-1-3-5-8/h10H,1-5H2,(H-,7,9)/p+1. The molecule has 0 aromatic rings. The van der Waals surface area contributed by atoms with Gasteiger partial charge in [0.1, 0.15) is 0 Å². The molecule has 1 fully saturated rings. The highest BCUT2D eigenvalue weighted by Gasteiger charge is 2.32. The molecule has 0 aromatic carbocycles. The molecule has 0 atom stereocenters. The van der Waals surface area contributed by atoms with Crippen molar-refractivity contribution in [2.45, 2.75) is 19.3 Å². The maximum Gasteiger partial charge on any atom is 0.463 e. The van der Waals surface area contributed by atoms with E-state index in [4.69, 9.17) is 5.73 Å². The fourth-order valence-electron chi connectivity index (χ4n) is 1.27. The SMILES string of the molecule is NC(=O)O[N+]1(O)CCCCC1. The molecule has 5 heteroatoms. The van der Waals surface area contributed by atoms with Crippen LogP contribution in [-0.4, -0.2) is 29.2 Å². The Hall–Kier alpha value is -0.810. The average Bonchev–Trinajstić information content (AvgIpc) is 1.85. The summed E-state index contributed by atoms with van der Waals surface area (Å²) < 4.78 is 0. The molecular weight excluding hydrogens is 148 g/mol. The Morgan fingerprint density at radius 2 is 1.91 bits per heavy atom. The van der Waals surface area contributed by atoms with E-state index in [1.54, 1.807) is 0 Å². The summed E-state index contributed by atoms with van der Waals surface area (Å²) in [6.45, 7) is 0.895. The molecule has 1 saturated heterocycles. The second-order valence-corrected chi connectivity index (χ2v) is 2.76. The van der Waals surface area contributed by atoms with Crippen LogP contribution in [0.2, 0.25) is 0 Å². The predicted molar refractivity (Wildman–Crippen MR) is 36.3 cm³/mol. The number of primary amides is 1. The first-order valence-corrected chi connectivity index (χ1v) is 3.71. The van der Waals surface area contributed by atoms with Crippen molar-refractivity contribution in [1.29, 1.82) is 0 Å². The number of hydrogen-bond donors (Lipinski definition) is 2. The van der Waals surface area contributed by atoms with Crippen LogP contribution in [0.25, 0.3) is 0 Å². The Morgan fingerprint density at radius 3 is 2.36 bits per heavy atom. The molecule has 0 bridgehead atoms. The largest absolute Gasteiger partial charge is 0.463 e. The zero-order valence-corrected chi connectivity index (χ0v) is 6.32. The van der Waals surface area contributed by atoms with Crippen LogP contribution < -0.4 is 5.73 Å². The van der Waals surface area contributed by atoms with Gasteiger partial charge in [-0.25, -0.2) is 9.63 Å². The first kappa shape index (κ1) is 8.29. The van der Waals surface area contributed by atoms with Crippen molar-refractivity contribution in [3.63, 3.8) is 0 Å². The zero-order valence-electron chi connectivity index (χ0n) is 6.32. The molecule has 1 aliphatic heterocycles. The highest BCUT2D eigenvalue weighted by molar-refractivity contribution is 5.63. The van der Waals surface area contributed by atoms with Crippen LogP contribution in [0.5, 0.6) is 0 Å². The van der Waals surface area contributed by atoms with Gasteiger partial charge in [0.05, 0.1) is 0 Å². The maximum absolute atomic E-state index is 10.3. The maximum atomic E-state index is 10.3. The van der Waals surface area contributed by atoms with E-state index in [0.717, 1.165) is 19.3 Å². The molecule has 0 unspecified atom stereocenters. The highest BCUT2D eigenvalue weighted by atomic mass is 16.9. The van der Waals surface area contributed by atoms with E-state index in [0.29, 0.717) is 13.1 Å². The molecule has 0 aliphatic carbocycles. The van der Waals surface area contributed by atoms with Crippen molar-refractivity contribution in [2.75, 3.05) is 13.1 Å². The van der Waals surface area contributed by atoms with Gasteiger partial charge in [-0.3, -0.25) is 0 Å². The van der Waals surface area contributed by atoms with E-state index in [1.165, 1.54) is 0 Å². The summed E-state index contributed by atoms with van der Waals surface area (Å²) in [7, 11) is 0. The Bertz CT molecular complexity index is 154. The number of amides is 1. The Balaban J connectivity index is 2.43.